The number of nitrogens with one attached hydrogen (secondary N) is 1. The number of H-pyrrole nitrogens is 1. The van der Waals surface area contributed by atoms with E-state index in [1.807, 2.05) is 29.2 Å². The molecule has 35 heavy (non-hydrogen) atoms. The summed E-state index contributed by atoms with van der Waals surface area (Å²) in [6, 6.07) is 16.7. The topological polar surface area (TPSA) is 83.5 Å². The lowest BCUT2D eigenvalue weighted by atomic mass is 10.0. The minimum Gasteiger partial charge on any atom is -0.378 e. The minimum absolute atomic E-state index is 0.230. The molecule has 1 atom stereocenters. The molecule has 2 aromatic carbocycles. The molecular formula is C27H31N5O3. The fourth-order valence-corrected chi connectivity index (χ4v) is 5.27. The molecule has 1 aromatic heterocycles. The number of nitrogens with zero attached hydrogens (tertiary/aromatic N) is 4. The van der Waals surface area contributed by atoms with E-state index in [1.54, 1.807) is 4.57 Å². The first-order valence-corrected chi connectivity index (χ1v) is 12.6. The highest BCUT2D eigenvalue weighted by molar-refractivity contribution is 5.81. The van der Waals surface area contributed by atoms with Crippen LogP contribution in [0.1, 0.15) is 25.1 Å². The number of likely N-dealkylation sites (tertiary alicyclic amines) is 1. The van der Waals surface area contributed by atoms with Crippen molar-refractivity contribution in [3.05, 3.63) is 64.8 Å². The molecule has 8 nitrogen and oxygen atoms in total. The molecule has 1 aliphatic carbocycles. The second kappa shape index (κ2) is 9.34. The fraction of sp³-hybridized carbons (Fsp3) is 0.444. The molecule has 2 aliphatic heterocycles. The van der Waals surface area contributed by atoms with Gasteiger partial charge in [0.2, 0.25) is 5.91 Å². The maximum absolute atomic E-state index is 12.6. The molecule has 1 N–H and O–H groups in total. The van der Waals surface area contributed by atoms with Gasteiger partial charge in [-0.3, -0.25) is 4.79 Å². The van der Waals surface area contributed by atoms with Crippen molar-refractivity contribution in [2.75, 3.05) is 44.3 Å². The number of morpholine rings is 1. The molecule has 1 amide bonds. The smallest absolute Gasteiger partial charge is 0.347 e. The summed E-state index contributed by atoms with van der Waals surface area (Å²) in [6.07, 6.45) is 3.71. The van der Waals surface area contributed by atoms with E-state index in [1.165, 1.54) is 5.69 Å². The fourth-order valence-electron chi connectivity index (χ4n) is 5.27. The molecule has 0 spiro atoms. The van der Waals surface area contributed by atoms with Gasteiger partial charge in [-0.25, -0.2) is 14.5 Å². The average molecular weight is 474 g/mol. The summed E-state index contributed by atoms with van der Waals surface area (Å²) in [6.45, 7) is 4.97. The van der Waals surface area contributed by atoms with Crippen molar-refractivity contribution in [3.63, 3.8) is 0 Å². The SMILES string of the molecule is O=C(C1CC1)N1CC[C@@H](Cc2n[nH]c(=O)n2-c2ccc(-c3ccc(N4CCOCC4)cc3)cc2)C1. The van der Waals surface area contributed by atoms with Crippen molar-refractivity contribution in [2.24, 2.45) is 11.8 Å². The van der Waals surface area contributed by atoms with E-state index in [2.05, 4.69) is 39.4 Å². The van der Waals surface area contributed by atoms with Crippen LogP contribution in [0.25, 0.3) is 16.8 Å². The Morgan fingerprint density at radius 3 is 2.23 bits per heavy atom. The number of anilines is 1. The summed E-state index contributed by atoms with van der Waals surface area (Å²) in [4.78, 5) is 29.3. The van der Waals surface area contributed by atoms with E-state index < -0.39 is 0 Å². The third-order valence-corrected chi connectivity index (χ3v) is 7.44. The van der Waals surface area contributed by atoms with Gasteiger partial charge in [0.15, 0.2) is 0 Å². The highest BCUT2D eigenvalue weighted by Crippen LogP contribution is 2.33. The number of aromatic nitrogens is 3. The molecule has 182 valence electrons. The zero-order valence-electron chi connectivity index (χ0n) is 19.9. The maximum atomic E-state index is 12.6. The van der Waals surface area contributed by atoms with Gasteiger partial charge in [0.05, 0.1) is 18.9 Å². The number of carbonyl (C=O) groups is 1. The van der Waals surface area contributed by atoms with Crippen LogP contribution in [0.2, 0.25) is 0 Å². The van der Waals surface area contributed by atoms with E-state index in [-0.39, 0.29) is 11.6 Å². The molecule has 3 aromatic rings. The second-order valence-corrected chi connectivity index (χ2v) is 9.89. The van der Waals surface area contributed by atoms with Crippen LogP contribution in [-0.4, -0.2) is 65.0 Å². The zero-order chi connectivity index (χ0) is 23.8. The molecule has 0 unspecified atom stereocenters. The highest BCUT2D eigenvalue weighted by Gasteiger charge is 2.36. The Morgan fingerprint density at radius 1 is 0.914 bits per heavy atom. The first-order valence-electron chi connectivity index (χ1n) is 12.6. The van der Waals surface area contributed by atoms with Crippen LogP contribution in [0.15, 0.2) is 53.3 Å². The van der Waals surface area contributed by atoms with Crippen LogP contribution in [0.5, 0.6) is 0 Å². The molecular weight excluding hydrogens is 442 g/mol. The van der Waals surface area contributed by atoms with Gasteiger partial charge < -0.3 is 14.5 Å². The average Bonchev–Trinajstić information content (AvgIpc) is 3.55. The number of hydrogen-bond donors (Lipinski definition) is 1. The van der Waals surface area contributed by atoms with E-state index in [0.29, 0.717) is 18.2 Å². The van der Waals surface area contributed by atoms with Gasteiger partial charge in [0, 0.05) is 44.2 Å². The Morgan fingerprint density at radius 2 is 1.57 bits per heavy atom. The monoisotopic (exact) mass is 473 g/mol. The van der Waals surface area contributed by atoms with Gasteiger partial charge >= 0.3 is 5.69 Å². The lowest BCUT2D eigenvalue weighted by molar-refractivity contribution is -0.131. The second-order valence-electron chi connectivity index (χ2n) is 9.89. The number of rotatable bonds is 6. The number of benzene rings is 2. The number of hydrogen-bond acceptors (Lipinski definition) is 5. The van der Waals surface area contributed by atoms with Crippen LogP contribution in [0.4, 0.5) is 5.69 Å². The van der Waals surface area contributed by atoms with E-state index >= 15 is 0 Å². The number of amides is 1. The number of ether oxygens (including phenoxy) is 1. The Bertz CT molecular complexity index is 1240. The standard InChI is InChI=1S/C27H31N5O3/c33-26(22-1-2-22)31-12-11-19(18-31)17-25-28-29-27(34)32(25)24-9-5-21(6-10-24)20-3-7-23(8-4-20)30-13-15-35-16-14-30/h3-10,19,22H,1-2,11-18H2,(H,29,34)/t19-/m0/s1. The molecule has 3 aliphatic rings. The van der Waals surface area contributed by atoms with Gasteiger partial charge in [-0.2, -0.15) is 5.10 Å². The van der Waals surface area contributed by atoms with E-state index in [9.17, 15) is 9.59 Å². The number of aromatic amines is 1. The van der Waals surface area contributed by atoms with Crippen molar-refractivity contribution in [2.45, 2.75) is 25.7 Å². The van der Waals surface area contributed by atoms with Crippen molar-refractivity contribution < 1.29 is 9.53 Å². The third-order valence-electron chi connectivity index (χ3n) is 7.44. The van der Waals surface area contributed by atoms with Crippen LogP contribution in [0.3, 0.4) is 0 Å². The molecule has 3 heterocycles. The minimum atomic E-state index is -0.230. The molecule has 6 rings (SSSR count). The van der Waals surface area contributed by atoms with Gasteiger partial charge in [-0.1, -0.05) is 24.3 Å². The van der Waals surface area contributed by atoms with Crippen LogP contribution < -0.4 is 10.6 Å². The highest BCUT2D eigenvalue weighted by atomic mass is 16.5. The molecule has 1 saturated carbocycles. The largest absolute Gasteiger partial charge is 0.378 e. The summed E-state index contributed by atoms with van der Waals surface area (Å²) in [5.74, 6) is 1.62. The predicted molar refractivity (Wildman–Crippen MR) is 134 cm³/mol. The van der Waals surface area contributed by atoms with Gasteiger partial charge in [-0.15, -0.1) is 0 Å². The van der Waals surface area contributed by atoms with E-state index in [0.717, 1.165) is 81.3 Å². The van der Waals surface area contributed by atoms with Crippen LogP contribution in [0, 0.1) is 11.8 Å². The van der Waals surface area contributed by atoms with Crippen molar-refractivity contribution in [1.29, 1.82) is 0 Å². The molecule has 3 fully saturated rings. The van der Waals surface area contributed by atoms with Crippen molar-refractivity contribution in [3.8, 4) is 16.8 Å². The summed E-state index contributed by atoms with van der Waals surface area (Å²) >= 11 is 0. The molecule has 0 radical (unpaired) electrons. The summed E-state index contributed by atoms with van der Waals surface area (Å²) in [5.41, 5.74) is 4.03. The quantitative estimate of drug-likeness (QED) is 0.595. The Hall–Kier alpha value is -3.39. The number of carbonyl (C=O) groups excluding carboxylic acids is 1. The lowest BCUT2D eigenvalue weighted by Crippen LogP contribution is -2.36. The predicted octanol–water partition coefficient (Wildman–Crippen LogP) is 2.87. The summed E-state index contributed by atoms with van der Waals surface area (Å²) in [7, 11) is 0. The molecule has 2 saturated heterocycles. The van der Waals surface area contributed by atoms with Crippen LogP contribution in [-0.2, 0) is 16.0 Å². The Balaban J connectivity index is 1.15. The van der Waals surface area contributed by atoms with Crippen molar-refractivity contribution in [1.82, 2.24) is 19.7 Å². The zero-order valence-corrected chi connectivity index (χ0v) is 19.9. The Labute approximate surface area is 204 Å². The molecule has 0 bridgehead atoms. The summed E-state index contributed by atoms with van der Waals surface area (Å²) in [5, 5.41) is 6.93. The van der Waals surface area contributed by atoms with Crippen LogP contribution >= 0.6 is 0 Å². The van der Waals surface area contributed by atoms with Gasteiger partial charge in [-0.05, 0) is 60.6 Å². The van der Waals surface area contributed by atoms with Gasteiger partial charge in [0.1, 0.15) is 5.82 Å². The van der Waals surface area contributed by atoms with Crippen molar-refractivity contribution >= 4 is 11.6 Å². The first-order chi connectivity index (χ1) is 17.2. The molecule has 8 heteroatoms. The Kier molecular flexibility index (Phi) is 5.90. The van der Waals surface area contributed by atoms with Gasteiger partial charge in [0.25, 0.3) is 0 Å². The lowest BCUT2D eigenvalue weighted by Gasteiger charge is -2.28. The normalized spacial score (nSPS) is 20.4. The third kappa shape index (κ3) is 4.62. The maximum Gasteiger partial charge on any atom is 0.347 e. The van der Waals surface area contributed by atoms with E-state index in [4.69, 9.17) is 4.74 Å². The summed E-state index contributed by atoms with van der Waals surface area (Å²) < 4.78 is 7.11. The first kappa shape index (κ1) is 22.1.